The van der Waals surface area contributed by atoms with Gasteiger partial charge in [0, 0.05) is 23.1 Å². The first kappa shape index (κ1) is 24.9. The van der Waals surface area contributed by atoms with Crippen LogP contribution in [0.4, 0.5) is 4.39 Å². The molecule has 0 radical (unpaired) electrons. The Morgan fingerprint density at radius 3 is 2.45 bits per heavy atom. The van der Waals surface area contributed by atoms with Gasteiger partial charge in [-0.25, -0.2) is 4.39 Å². The fraction of sp³-hybridized carbons (Fsp3) is 0.417. The number of hydrogen-bond acceptors (Lipinski definition) is 3. The zero-order chi connectivity index (χ0) is 23.0. The second-order valence-electron chi connectivity index (χ2n) is 7.59. The van der Waals surface area contributed by atoms with Crippen molar-refractivity contribution < 1.29 is 18.7 Å². The minimum Gasteiger partial charge on any atom is -0.484 e. The van der Waals surface area contributed by atoms with Crippen LogP contribution in [-0.4, -0.2) is 35.9 Å². The Bertz CT molecular complexity index is 896. The lowest BCUT2D eigenvalue weighted by Gasteiger charge is -2.29. The lowest BCUT2D eigenvalue weighted by Crippen LogP contribution is -2.49. The van der Waals surface area contributed by atoms with Gasteiger partial charge in [0.15, 0.2) is 6.61 Å². The van der Waals surface area contributed by atoms with Gasteiger partial charge < -0.3 is 15.0 Å². The second-order valence-corrected chi connectivity index (χ2v) is 8.39. The predicted molar refractivity (Wildman–Crippen MR) is 123 cm³/mol. The minimum atomic E-state index is -0.763. The van der Waals surface area contributed by atoms with Crippen LogP contribution in [-0.2, 0) is 16.1 Å². The molecule has 31 heavy (non-hydrogen) atoms. The van der Waals surface area contributed by atoms with Gasteiger partial charge in [-0.1, -0.05) is 47.5 Å². The SMILES string of the molecule is CCCCNC(=O)C(C)N(Cc1ccccc1F)C(=O)COc1cc(C)c(Br)c(C)c1. The number of carbonyl (C=O) groups is 2. The maximum atomic E-state index is 14.2. The summed E-state index contributed by atoms with van der Waals surface area (Å²) < 4.78 is 20.9. The Hall–Kier alpha value is -2.41. The summed E-state index contributed by atoms with van der Waals surface area (Å²) in [5.74, 6) is -0.510. The average molecular weight is 493 g/mol. The van der Waals surface area contributed by atoms with Crippen molar-refractivity contribution in [2.24, 2.45) is 0 Å². The summed E-state index contributed by atoms with van der Waals surface area (Å²) in [5.41, 5.74) is 2.34. The van der Waals surface area contributed by atoms with Gasteiger partial charge in [0.05, 0.1) is 0 Å². The quantitative estimate of drug-likeness (QED) is 0.479. The molecule has 2 amide bonds. The van der Waals surface area contributed by atoms with E-state index in [4.69, 9.17) is 4.74 Å². The summed E-state index contributed by atoms with van der Waals surface area (Å²) in [4.78, 5) is 27.0. The van der Waals surface area contributed by atoms with Crippen molar-refractivity contribution in [2.45, 2.75) is 53.1 Å². The van der Waals surface area contributed by atoms with E-state index in [1.165, 1.54) is 11.0 Å². The van der Waals surface area contributed by atoms with E-state index in [0.717, 1.165) is 28.4 Å². The lowest BCUT2D eigenvalue weighted by atomic mass is 10.1. The summed E-state index contributed by atoms with van der Waals surface area (Å²) in [6.45, 7) is 7.84. The molecule has 0 saturated carbocycles. The zero-order valence-electron chi connectivity index (χ0n) is 18.5. The number of benzene rings is 2. The van der Waals surface area contributed by atoms with Crippen LogP contribution in [0.2, 0.25) is 0 Å². The largest absolute Gasteiger partial charge is 0.484 e. The normalized spacial score (nSPS) is 11.7. The molecule has 1 N–H and O–H groups in total. The molecule has 0 heterocycles. The molecule has 2 aromatic carbocycles. The number of nitrogens with one attached hydrogen (secondary N) is 1. The van der Waals surface area contributed by atoms with E-state index in [9.17, 15) is 14.0 Å². The first-order chi connectivity index (χ1) is 14.7. The van der Waals surface area contributed by atoms with Gasteiger partial charge in [-0.2, -0.15) is 0 Å². The highest BCUT2D eigenvalue weighted by atomic mass is 79.9. The number of unbranched alkanes of at least 4 members (excludes halogenated alkanes) is 1. The summed E-state index contributed by atoms with van der Waals surface area (Å²) in [5, 5.41) is 2.84. The van der Waals surface area contributed by atoms with Crippen LogP contribution in [0.5, 0.6) is 5.75 Å². The fourth-order valence-corrected chi connectivity index (χ4v) is 3.38. The van der Waals surface area contributed by atoms with Crippen molar-refractivity contribution in [1.82, 2.24) is 10.2 Å². The molecular weight excluding hydrogens is 463 g/mol. The van der Waals surface area contributed by atoms with E-state index >= 15 is 0 Å². The van der Waals surface area contributed by atoms with Crippen LogP contribution in [0.25, 0.3) is 0 Å². The number of rotatable bonds is 10. The molecule has 1 unspecified atom stereocenters. The molecule has 2 aromatic rings. The molecule has 0 aromatic heterocycles. The van der Waals surface area contributed by atoms with E-state index in [-0.39, 0.29) is 25.0 Å². The third-order valence-electron chi connectivity index (χ3n) is 5.07. The number of aryl methyl sites for hydroxylation is 2. The summed E-state index contributed by atoms with van der Waals surface area (Å²) in [6.07, 6.45) is 1.80. The molecule has 0 bridgehead atoms. The van der Waals surface area contributed by atoms with Gasteiger partial charge in [0.2, 0.25) is 5.91 Å². The number of ether oxygens (including phenoxy) is 1. The van der Waals surface area contributed by atoms with Crippen molar-refractivity contribution in [3.8, 4) is 5.75 Å². The molecule has 5 nitrogen and oxygen atoms in total. The summed E-state index contributed by atoms with van der Waals surface area (Å²) >= 11 is 3.51. The summed E-state index contributed by atoms with van der Waals surface area (Å²) in [6, 6.07) is 9.16. The fourth-order valence-electron chi connectivity index (χ4n) is 3.15. The second kappa shape index (κ2) is 11.8. The molecule has 0 aliphatic carbocycles. The van der Waals surface area contributed by atoms with Crippen LogP contribution in [0, 0.1) is 19.7 Å². The number of hydrogen-bond donors (Lipinski definition) is 1. The number of amides is 2. The van der Waals surface area contributed by atoms with Gasteiger partial charge >= 0.3 is 0 Å². The van der Waals surface area contributed by atoms with Crippen molar-refractivity contribution in [3.63, 3.8) is 0 Å². The standard InChI is InChI=1S/C24H30BrFN2O3/c1-5-6-11-27-24(30)18(4)28(14-19-9-7-8-10-21(19)26)22(29)15-31-20-12-16(2)23(25)17(3)13-20/h7-10,12-13,18H,5-6,11,14-15H2,1-4H3,(H,27,30). The topological polar surface area (TPSA) is 58.6 Å². The first-order valence-electron chi connectivity index (χ1n) is 10.4. The van der Waals surface area contributed by atoms with E-state index in [1.807, 2.05) is 32.9 Å². The zero-order valence-corrected chi connectivity index (χ0v) is 20.1. The molecule has 2 rings (SSSR count). The van der Waals surface area contributed by atoms with Crippen molar-refractivity contribution >= 4 is 27.7 Å². The van der Waals surface area contributed by atoms with E-state index in [1.54, 1.807) is 25.1 Å². The maximum absolute atomic E-state index is 14.2. The monoisotopic (exact) mass is 492 g/mol. The van der Waals surface area contributed by atoms with Crippen LogP contribution >= 0.6 is 15.9 Å². The lowest BCUT2D eigenvalue weighted by molar-refractivity contribution is -0.142. The Balaban J connectivity index is 2.17. The van der Waals surface area contributed by atoms with Crippen molar-refractivity contribution in [2.75, 3.05) is 13.2 Å². The Kier molecular flexibility index (Phi) is 9.49. The number of halogens is 2. The Morgan fingerprint density at radius 2 is 1.84 bits per heavy atom. The van der Waals surface area contributed by atoms with Crippen molar-refractivity contribution in [1.29, 1.82) is 0 Å². The molecule has 0 fully saturated rings. The molecule has 0 spiro atoms. The van der Waals surface area contributed by atoms with E-state index in [2.05, 4.69) is 21.2 Å². The molecule has 0 aliphatic heterocycles. The highest BCUT2D eigenvalue weighted by Gasteiger charge is 2.27. The van der Waals surface area contributed by atoms with Crippen LogP contribution < -0.4 is 10.1 Å². The third-order valence-corrected chi connectivity index (χ3v) is 6.32. The summed E-state index contributed by atoms with van der Waals surface area (Å²) in [7, 11) is 0. The Labute approximate surface area is 192 Å². The number of nitrogens with zero attached hydrogens (tertiary/aromatic N) is 1. The molecule has 0 saturated heterocycles. The van der Waals surface area contributed by atoms with E-state index < -0.39 is 11.9 Å². The molecule has 1 atom stereocenters. The minimum absolute atomic E-state index is 0.0182. The maximum Gasteiger partial charge on any atom is 0.261 e. The molecular formula is C24H30BrFN2O3. The van der Waals surface area contributed by atoms with Gasteiger partial charge in [0.1, 0.15) is 17.6 Å². The van der Waals surface area contributed by atoms with Gasteiger partial charge in [-0.3, -0.25) is 9.59 Å². The predicted octanol–water partition coefficient (Wildman–Crippen LogP) is 4.92. The highest BCUT2D eigenvalue weighted by molar-refractivity contribution is 9.10. The smallest absolute Gasteiger partial charge is 0.261 e. The first-order valence-corrected chi connectivity index (χ1v) is 11.2. The van der Waals surface area contributed by atoms with Crippen LogP contribution in [0.15, 0.2) is 40.9 Å². The van der Waals surface area contributed by atoms with Crippen LogP contribution in [0.3, 0.4) is 0 Å². The third kappa shape index (κ3) is 7.06. The van der Waals surface area contributed by atoms with Crippen LogP contribution in [0.1, 0.15) is 43.4 Å². The van der Waals surface area contributed by atoms with Crippen molar-refractivity contribution in [3.05, 3.63) is 63.4 Å². The molecule has 7 heteroatoms. The number of carbonyl (C=O) groups excluding carboxylic acids is 2. The molecule has 0 aliphatic rings. The van der Waals surface area contributed by atoms with Gasteiger partial charge in [-0.05, 0) is 56.5 Å². The molecule has 168 valence electrons. The highest BCUT2D eigenvalue weighted by Crippen LogP contribution is 2.26. The van der Waals surface area contributed by atoms with Gasteiger partial charge in [0.25, 0.3) is 5.91 Å². The van der Waals surface area contributed by atoms with Gasteiger partial charge in [-0.15, -0.1) is 0 Å². The Morgan fingerprint density at radius 1 is 1.19 bits per heavy atom. The average Bonchev–Trinajstić information content (AvgIpc) is 2.74. The van der Waals surface area contributed by atoms with E-state index in [0.29, 0.717) is 17.9 Å².